The lowest BCUT2D eigenvalue weighted by Gasteiger charge is -2.73. The number of carbonyl (C=O) groups excluding carboxylic acids is 2. The third-order valence-corrected chi connectivity index (χ3v) is 19.7. The molecule has 0 spiro atoms. The number of carboxylic acid groups (broad SMARTS) is 1. The van der Waals surface area contributed by atoms with E-state index in [0.29, 0.717) is 52.9 Å². The summed E-state index contributed by atoms with van der Waals surface area (Å²) in [5, 5.41) is 18.7. The van der Waals surface area contributed by atoms with Crippen LogP contribution in [0.25, 0.3) is 0 Å². The van der Waals surface area contributed by atoms with Crippen LogP contribution in [0.3, 0.4) is 0 Å². The van der Waals surface area contributed by atoms with Crippen molar-refractivity contribution >= 4 is 17.8 Å². The molecule has 57 heavy (non-hydrogen) atoms. The van der Waals surface area contributed by atoms with E-state index in [2.05, 4.69) is 82.0 Å². The van der Waals surface area contributed by atoms with Gasteiger partial charge in [0.05, 0.1) is 17.3 Å². The minimum Gasteiger partial charge on any atom is -0.481 e. The smallest absolute Gasteiger partial charge is 0.309 e. The second-order valence-corrected chi connectivity index (χ2v) is 23.5. The Labute approximate surface area is 343 Å². The first-order valence-electron chi connectivity index (χ1n) is 23.2. The Morgan fingerprint density at radius 1 is 0.789 bits per heavy atom. The van der Waals surface area contributed by atoms with E-state index in [1.165, 1.54) is 38.5 Å². The zero-order valence-electron chi connectivity index (χ0n) is 37.5. The fourth-order valence-electron chi connectivity index (χ4n) is 16.0. The van der Waals surface area contributed by atoms with Crippen molar-refractivity contribution in [2.75, 3.05) is 13.1 Å². The van der Waals surface area contributed by atoms with Gasteiger partial charge in [0, 0.05) is 30.5 Å². The van der Waals surface area contributed by atoms with Crippen LogP contribution in [0.1, 0.15) is 189 Å². The summed E-state index contributed by atoms with van der Waals surface area (Å²) in [5.41, 5.74) is -0.689. The van der Waals surface area contributed by atoms with E-state index in [-0.39, 0.29) is 45.6 Å². The zero-order valence-corrected chi connectivity index (χ0v) is 37.5. The first-order chi connectivity index (χ1) is 26.6. The fraction of sp³-hybridized carbons (Fsp3) is 0.896. The molecule has 6 aliphatic carbocycles. The molecule has 1 amide bonds. The van der Waals surface area contributed by atoms with Crippen molar-refractivity contribution in [1.82, 2.24) is 19.7 Å². The molecule has 9 nitrogen and oxygen atoms in total. The predicted molar refractivity (Wildman–Crippen MR) is 221 cm³/mol. The van der Waals surface area contributed by atoms with Gasteiger partial charge in [-0.2, -0.15) is 0 Å². The van der Waals surface area contributed by atoms with E-state index >= 15 is 4.79 Å². The number of rotatable bonds is 8. The van der Waals surface area contributed by atoms with Crippen LogP contribution in [0, 0.1) is 74.4 Å². The maximum absolute atomic E-state index is 15.4. The number of amides is 1. The van der Waals surface area contributed by atoms with Crippen molar-refractivity contribution in [1.29, 1.82) is 0 Å². The molecule has 1 N–H and O–H groups in total. The lowest BCUT2D eigenvalue weighted by Crippen LogP contribution is -2.67. The molecule has 1 aromatic heterocycles. The van der Waals surface area contributed by atoms with E-state index in [9.17, 15) is 14.7 Å². The topological polar surface area (TPSA) is 115 Å². The third kappa shape index (κ3) is 6.04. The average molecular weight is 789 g/mol. The maximum Gasteiger partial charge on any atom is 0.309 e. The molecular formula is C48H76N4O5. The Morgan fingerprint density at radius 3 is 2.11 bits per heavy atom. The van der Waals surface area contributed by atoms with E-state index in [4.69, 9.17) is 4.74 Å². The lowest BCUT2D eigenvalue weighted by molar-refractivity contribution is -0.251. The van der Waals surface area contributed by atoms with Gasteiger partial charge in [0.25, 0.3) is 0 Å². The van der Waals surface area contributed by atoms with Gasteiger partial charge in [-0.05, 0) is 162 Å². The molecule has 1 saturated heterocycles. The molecule has 7 fully saturated rings. The highest BCUT2D eigenvalue weighted by Gasteiger charge is 2.74. The van der Waals surface area contributed by atoms with Crippen LogP contribution in [-0.4, -0.2) is 61.8 Å². The Kier molecular flexibility index (Phi) is 9.80. The number of hydrogen-bond acceptors (Lipinski definition) is 6. The van der Waals surface area contributed by atoms with Crippen LogP contribution in [0.5, 0.6) is 0 Å². The number of carboxylic acids is 1. The monoisotopic (exact) mass is 789 g/mol. The second-order valence-electron chi connectivity index (χ2n) is 23.5. The molecule has 2 heterocycles. The van der Waals surface area contributed by atoms with Crippen molar-refractivity contribution in [3.8, 4) is 0 Å². The molecule has 7 aliphatic rings. The molecule has 1 aromatic rings. The van der Waals surface area contributed by atoms with Crippen LogP contribution < -0.4 is 0 Å². The number of carbonyl (C=O) groups is 3. The minimum atomic E-state index is -1.14. The van der Waals surface area contributed by atoms with Gasteiger partial charge in [-0.3, -0.25) is 14.4 Å². The number of piperidine rings is 1. The Hall–Kier alpha value is -2.45. The van der Waals surface area contributed by atoms with E-state index < -0.39 is 11.4 Å². The first-order valence-corrected chi connectivity index (χ1v) is 23.2. The highest BCUT2D eigenvalue weighted by Crippen LogP contribution is 2.79. The molecule has 318 valence electrons. The highest BCUT2D eigenvalue weighted by molar-refractivity contribution is 5.84. The Balaban J connectivity index is 1.04. The number of likely N-dealkylation sites (tertiary alicyclic amines) is 1. The molecule has 1 aliphatic heterocycles. The quantitative estimate of drug-likeness (QED) is 0.261. The molecule has 9 heteroatoms. The number of fused-ring (bicyclic) bond motifs is 7. The van der Waals surface area contributed by atoms with Crippen LogP contribution in [0.4, 0.5) is 0 Å². The van der Waals surface area contributed by atoms with E-state index in [1.807, 2.05) is 0 Å². The number of aryl methyl sites for hydroxylation is 1. The molecule has 6 saturated carbocycles. The van der Waals surface area contributed by atoms with Gasteiger partial charge in [0.1, 0.15) is 17.8 Å². The van der Waals surface area contributed by atoms with Crippen LogP contribution in [0.2, 0.25) is 0 Å². The van der Waals surface area contributed by atoms with Crippen molar-refractivity contribution < 1.29 is 24.2 Å². The highest BCUT2D eigenvalue weighted by atomic mass is 16.5. The zero-order chi connectivity index (χ0) is 41.3. The SMILES string of the molecule is Cc1nnc(C(C)C)n1C1CCN(C(=O)[C@]23CC[C@@H](C4(C)CC4)[C@@H]2[C@H]2CC[C@@H]4[C@@]5(C)CC[C@H](OC(=O)CC(C)(C)C(=O)O)C(C)(C)[C@@H]5CC[C@@]4(C)[C@]2(C)CC3)CC1. The van der Waals surface area contributed by atoms with Crippen molar-refractivity contribution in [3.63, 3.8) is 0 Å². The number of nitrogens with zero attached hydrogens (tertiary/aromatic N) is 4. The predicted octanol–water partition coefficient (Wildman–Crippen LogP) is 10.2. The van der Waals surface area contributed by atoms with Gasteiger partial charge in [-0.1, -0.05) is 55.4 Å². The Bertz CT molecular complexity index is 1770. The maximum atomic E-state index is 15.4. The number of aliphatic carboxylic acids is 1. The summed E-state index contributed by atoms with van der Waals surface area (Å²) in [6, 6.07) is 0.356. The normalized spacial score (nSPS) is 41.1. The molecule has 0 bridgehead atoms. The van der Waals surface area contributed by atoms with E-state index in [1.54, 1.807) is 13.8 Å². The van der Waals surface area contributed by atoms with Gasteiger partial charge < -0.3 is 19.3 Å². The summed E-state index contributed by atoms with van der Waals surface area (Å²) in [7, 11) is 0. The second kappa shape index (κ2) is 13.5. The molecule has 8 rings (SSSR count). The van der Waals surface area contributed by atoms with Gasteiger partial charge in [0.15, 0.2) is 0 Å². The summed E-state index contributed by atoms with van der Waals surface area (Å²) in [6.45, 7) is 26.5. The summed E-state index contributed by atoms with van der Waals surface area (Å²) in [6.07, 6.45) is 15.4. The Morgan fingerprint density at radius 2 is 1.47 bits per heavy atom. The van der Waals surface area contributed by atoms with Crippen LogP contribution in [-0.2, 0) is 19.1 Å². The summed E-state index contributed by atoms with van der Waals surface area (Å²) < 4.78 is 8.61. The van der Waals surface area contributed by atoms with Crippen molar-refractivity contribution in [2.45, 2.75) is 191 Å². The number of hydrogen-bond donors (Lipinski definition) is 1. The number of esters is 1. The average Bonchev–Trinajstić information content (AvgIpc) is 3.56. The molecule has 0 aromatic carbocycles. The van der Waals surface area contributed by atoms with Crippen LogP contribution >= 0.6 is 0 Å². The minimum absolute atomic E-state index is 0.108. The largest absolute Gasteiger partial charge is 0.481 e. The fourth-order valence-corrected chi connectivity index (χ4v) is 16.0. The third-order valence-electron chi connectivity index (χ3n) is 19.7. The molecule has 10 atom stereocenters. The van der Waals surface area contributed by atoms with E-state index in [0.717, 1.165) is 76.1 Å². The van der Waals surface area contributed by atoms with Gasteiger partial charge in [0.2, 0.25) is 5.91 Å². The number of ether oxygens (including phenoxy) is 1. The molecule has 0 unspecified atom stereocenters. The number of aromatic nitrogens is 3. The summed E-state index contributed by atoms with van der Waals surface area (Å²) in [5.74, 6) is 4.21. The summed E-state index contributed by atoms with van der Waals surface area (Å²) >= 11 is 0. The van der Waals surface area contributed by atoms with Gasteiger partial charge >= 0.3 is 11.9 Å². The molecular weight excluding hydrogens is 713 g/mol. The van der Waals surface area contributed by atoms with Crippen molar-refractivity contribution in [2.24, 2.45) is 67.5 Å². The first kappa shape index (κ1) is 41.3. The van der Waals surface area contributed by atoms with Gasteiger partial charge in [-0.15, -0.1) is 10.2 Å². The van der Waals surface area contributed by atoms with Crippen molar-refractivity contribution in [3.05, 3.63) is 11.6 Å². The summed E-state index contributed by atoms with van der Waals surface area (Å²) in [4.78, 5) is 42.7. The van der Waals surface area contributed by atoms with Gasteiger partial charge in [-0.25, -0.2) is 0 Å². The lowest BCUT2D eigenvalue weighted by atomic mass is 9.32. The standard InChI is InChI=1S/C48H76N4O5/c1-29(2)39-50-49-30(3)52(39)31-17-26-51(27-18-31)40(54)48-21-14-32(44(8)22-23-44)38(48)33-12-13-35-45(9)19-16-36(57-37(53)28-42(4,5)41(55)56)43(6,7)34(45)15-20-47(35,11)46(33,10)24-25-48/h29,31-36,38H,12-28H2,1-11H3,(H,55,56)/t32-,33-,34+,35-,36+,38-,45+,46-,47-,48+/m1/s1. The molecule has 0 radical (unpaired) electrons. The van der Waals surface area contributed by atoms with Crippen LogP contribution in [0.15, 0.2) is 0 Å².